The third kappa shape index (κ3) is 3.26. The summed E-state index contributed by atoms with van der Waals surface area (Å²) in [6.45, 7) is 2.96. The standard InChI is InChI=1S/C18H26N6O/c1-22-9-10-23(2)15(12-22)17-21-20-16-8-7-13(11-24(16)17)18(25)19-14-5-3-4-6-14/h7-8,11,14-15H,3-6,9-10,12H2,1-2H3,(H,19,25). The maximum Gasteiger partial charge on any atom is 0.252 e. The molecule has 0 spiro atoms. The van der Waals surface area contributed by atoms with Crippen LogP contribution in [0.15, 0.2) is 18.3 Å². The van der Waals surface area contributed by atoms with Crippen molar-refractivity contribution in [2.75, 3.05) is 33.7 Å². The quantitative estimate of drug-likeness (QED) is 0.911. The summed E-state index contributed by atoms with van der Waals surface area (Å²) in [5.74, 6) is 0.905. The van der Waals surface area contributed by atoms with E-state index >= 15 is 0 Å². The summed E-state index contributed by atoms with van der Waals surface area (Å²) in [5.41, 5.74) is 1.46. The first-order valence-corrected chi connectivity index (χ1v) is 9.16. The minimum Gasteiger partial charge on any atom is -0.349 e. The largest absolute Gasteiger partial charge is 0.349 e. The monoisotopic (exact) mass is 342 g/mol. The highest BCUT2D eigenvalue weighted by molar-refractivity contribution is 5.94. The molecule has 134 valence electrons. The van der Waals surface area contributed by atoms with Crippen molar-refractivity contribution < 1.29 is 4.79 Å². The van der Waals surface area contributed by atoms with Crippen molar-refractivity contribution in [3.05, 3.63) is 29.7 Å². The average molecular weight is 342 g/mol. The number of piperazine rings is 1. The number of aromatic nitrogens is 3. The molecule has 1 amide bonds. The lowest BCUT2D eigenvalue weighted by molar-refractivity contribution is 0.0937. The Hall–Kier alpha value is -1.99. The zero-order chi connectivity index (χ0) is 17.4. The predicted molar refractivity (Wildman–Crippen MR) is 95.6 cm³/mol. The van der Waals surface area contributed by atoms with Gasteiger partial charge in [0.25, 0.3) is 5.91 Å². The summed E-state index contributed by atoms with van der Waals surface area (Å²) in [6.07, 6.45) is 6.48. The summed E-state index contributed by atoms with van der Waals surface area (Å²) in [6, 6.07) is 4.23. The van der Waals surface area contributed by atoms with Crippen molar-refractivity contribution in [3.63, 3.8) is 0 Å². The van der Waals surface area contributed by atoms with E-state index in [-0.39, 0.29) is 11.9 Å². The third-order valence-corrected chi connectivity index (χ3v) is 5.53. The van der Waals surface area contributed by atoms with Crippen LogP contribution in [0.5, 0.6) is 0 Å². The van der Waals surface area contributed by atoms with Crippen molar-refractivity contribution in [1.29, 1.82) is 0 Å². The molecule has 0 aromatic carbocycles. The Kier molecular flexibility index (Phi) is 4.43. The second kappa shape index (κ2) is 6.72. The number of nitrogens with one attached hydrogen (secondary N) is 1. The fraction of sp³-hybridized carbons (Fsp3) is 0.611. The van der Waals surface area contributed by atoms with Crippen LogP contribution in [-0.2, 0) is 0 Å². The summed E-state index contributed by atoms with van der Waals surface area (Å²) in [7, 11) is 4.25. The molecule has 0 radical (unpaired) electrons. The molecule has 1 N–H and O–H groups in total. The number of fused-ring (bicyclic) bond motifs is 1. The first-order chi connectivity index (χ1) is 12.1. The second-order valence-electron chi connectivity index (χ2n) is 7.42. The number of rotatable bonds is 3. The van der Waals surface area contributed by atoms with Gasteiger partial charge in [-0.1, -0.05) is 12.8 Å². The van der Waals surface area contributed by atoms with Crippen LogP contribution in [0.25, 0.3) is 5.65 Å². The van der Waals surface area contributed by atoms with Gasteiger partial charge in [-0.25, -0.2) is 0 Å². The van der Waals surface area contributed by atoms with Crippen molar-refractivity contribution in [3.8, 4) is 0 Å². The molecule has 2 aromatic heterocycles. The molecular weight excluding hydrogens is 316 g/mol. The van der Waals surface area contributed by atoms with E-state index in [2.05, 4.69) is 39.4 Å². The fourth-order valence-electron chi connectivity index (χ4n) is 3.90. The molecule has 2 aliphatic rings. The molecule has 7 nitrogen and oxygen atoms in total. The topological polar surface area (TPSA) is 65.8 Å². The Morgan fingerprint density at radius 3 is 2.76 bits per heavy atom. The van der Waals surface area contributed by atoms with Crippen LogP contribution in [0.2, 0.25) is 0 Å². The summed E-state index contributed by atoms with van der Waals surface area (Å²) < 4.78 is 1.98. The number of likely N-dealkylation sites (N-methyl/N-ethyl adjacent to an activating group) is 2. The fourth-order valence-corrected chi connectivity index (χ4v) is 3.90. The Labute approximate surface area is 148 Å². The lowest BCUT2D eigenvalue weighted by atomic mass is 10.1. The molecule has 2 fully saturated rings. The van der Waals surface area contributed by atoms with Gasteiger partial charge in [0.15, 0.2) is 11.5 Å². The first kappa shape index (κ1) is 16.5. The number of hydrogen-bond acceptors (Lipinski definition) is 5. The minimum absolute atomic E-state index is 0.00238. The highest BCUT2D eigenvalue weighted by Crippen LogP contribution is 2.23. The van der Waals surface area contributed by atoms with E-state index in [1.807, 2.05) is 22.7 Å². The van der Waals surface area contributed by atoms with Crippen molar-refractivity contribution in [2.45, 2.75) is 37.8 Å². The van der Waals surface area contributed by atoms with Crippen LogP contribution in [-0.4, -0.2) is 70.1 Å². The minimum atomic E-state index is 0.00238. The van der Waals surface area contributed by atoms with Crippen LogP contribution in [0.3, 0.4) is 0 Å². The van der Waals surface area contributed by atoms with Crippen molar-refractivity contribution in [1.82, 2.24) is 29.7 Å². The van der Waals surface area contributed by atoms with Gasteiger partial charge in [-0.05, 0) is 39.1 Å². The van der Waals surface area contributed by atoms with Gasteiger partial charge in [-0.3, -0.25) is 14.1 Å². The highest BCUT2D eigenvalue weighted by atomic mass is 16.1. The smallest absolute Gasteiger partial charge is 0.252 e. The van der Waals surface area contributed by atoms with Crippen molar-refractivity contribution in [2.24, 2.45) is 0 Å². The normalized spacial score (nSPS) is 23.4. The number of pyridine rings is 1. The van der Waals surface area contributed by atoms with Gasteiger partial charge in [0.2, 0.25) is 0 Å². The number of hydrogen-bond donors (Lipinski definition) is 1. The van der Waals surface area contributed by atoms with E-state index in [0.717, 1.165) is 43.9 Å². The molecule has 3 heterocycles. The van der Waals surface area contributed by atoms with Crippen LogP contribution in [0.1, 0.15) is 47.9 Å². The van der Waals surface area contributed by atoms with E-state index in [9.17, 15) is 4.79 Å². The second-order valence-corrected chi connectivity index (χ2v) is 7.42. The molecule has 1 unspecified atom stereocenters. The zero-order valence-corrected chi connectivity index (χ0v) is 15.0. The zero-order valence-electron chi connectivity index (χ0n) is 15.0. The van der Waals surface area contributed by atoms with Crippen LogP contribution >= 0.6 is 0 Å². The molecule has 4 rings (SSSR count). The molecule has 0 bridgehead atoms. The molecule has 25 heavy (non-hydrogen) atoms. The molecule has 1 aliphatic heterocycles. The van der Waals surface area contributed by atoms with Gasteiger partial charge in [-0.15, -0.1) is 10.2 Å². The lowest BCUT2D eigenvalue weighted by Crippen LogP contribution is -2.45. The van der Waals surface area contributed by atoms with E-state index in [4.69, 9.17) is 0 Å². The molecule has 1 saturated carbocycles. The maximum absolute atomic E-state index is 12.6. The Morgan fingerprint density at radius 2 is 1.96 bits per heavy atom. The Balaban J connectivity index is 1.62. The van der Waals surface area contributed by atoms with Crippen LogP contribution in [0.4, 0.5) is 0 Å². The van der Waals surface area contributed by atoms with E-state index in [1.165, 1.54) is 12.8 Å². The summed E-state index contributed by atoms with van der Waals surface area (Å²) in [4.78, 5) is 17.2. The lowest BCUT2D eigenvalue weighted by Gasteiger charge is -2.36. The van der Waals surface area contributed by atoms with Gasteiger partial charge in [0, 0.05) is 31.9 Å². The SMILES string of the molecule is CN1CCN(C)C(c2nnc3ccc(C(=O)NC4CCCC4)cn23)C1. The summed E-state index contributed by atoms with van der Waals surface area (Å²) in [5, 5.41) is 11.9. The number of nitrogens with zero attached hydrogens (tertiary/aromatic N) is 5. The molecular formula is C18H26N6O. The summed E-state index contributed by atoms with van der Waals surface area (Å²) >= 11 is 0. The van der Waals surface area contributed by atoms with Gasteiger partial charge >= 0.3 is 0 Å². The van der Waals surface area contributed by atoms with E-state index < -0.39 is 0 Å². The maximum atomic E-state index is 12.6. The molecule has 7 heteroatoms. The molecule has 1 aliphatic carbocycles. The average Bonchev–Trinajstić information content (AvgIpc) is 3.26. The van der Waals surface area contributed by atoms with Gasteiger partial charge in [0.1, 0.15) is 0 Å². The Morgan fingerprint density at radius 1 is 1.16 bits per heavy atom. The third-order valence-electron chi connectivity index (χ3n) is 5.53. The van der Waals surface area contributed by atoms with E-state index in [1.54, 1.807) is 0 Å². The number of carbonyl (C=O) groups excluding carboxylic acids is 1. The predicted octanol–water partition coefficient (Wildman–Crippen LogP) is 1.32. The Bertz CT molecular complexity index is 766. The van der Waals surface area contributed by atoms with Gasteiger partial charge in [-0.2, -0.15) is 0 Å². The van der Waals surface area contributed by atoms with Crippen LogP contribution < -0.4 is 5.32 Å². The molecule has 1 saturated heterocycles. The molecule has 1 atom stereocenters. The van der Waals surface area contributed by atoms with Crippen LogP contribution in [0, 0.1) is 0 Å². The van der Waals surface area contributed by atoms with Gasteiger partial charge in [0.05, 0.1) is 11.6 Å². The highest BCUT2D eigenvalue weighted by Gasteiger charge is 2.28. The molecule has 2 aromatic rings. The number of amides is 1. The van der Waals surface area contributed by atoms with E-state index in [0.29, 0.717) is 11.6 Å². The van der Waals surface area contributed by atoms with Crippen molar-refractivity contribution >= 4 is 11.6 Å². The van der Waals surface area contributed by atoms with Gasteiger partial charge < -0.3 is 10.2 Å². The first-order valence-electron chi connectivity index (χ1n) is 9.16. The number of carbonyl (C=O) groups is 1.